The highest BCUT2D eigenvalue weighted by Crippen LogP contribution is 2.31. The van der Waals surface area contributed by atoms with E-state index in [2.05, 4.69) is 47.7 Å². The van der Waals surface area contributed by atoms with Crippen molar-refractivity contribution in [3.63, 3.8) is 0 Å². The topological polar surface area (TPSA) is 45.7 Å². The second kappa shape index (κ2) is 6.93. The molecule has 0 radical (unpaired) electrons. The molecule has 92 valence electrons. The van der Waals surface area contributed by atoms with Crippen LogP contribution in [0.5, 0.6) is 5.75 Å². The normalized spacial score (nSPS) is 10.4. The monoisotopic (exact) mass is 379 g/mol. The molecule has 0 aliphatic heterocycles. The summed E-state index contributed by atoms with van der Waals surface area (Å²) < 4.78 is 7.07. The molecule has 0 aromatic heterocycles. The molecule has 0 saturated carbocycles. The van der Waals surface area contributed by atoms with Gasteiger partial charge in [-0.2, -0.15) is 5.10 Å². The van der Waals surface area contributed by atoms with Crippen LogP contribution in [0.25, 0.3) is 0 Å². The Bertz CT molecular complexity index is 451. The number of hydrogen-bond acceptors (Lipinski definition) is 3. The summed E-state index contributed by atoms with van der Waals surface area (Å²) in [6.07, 6.45) is 1.64. The van der Waals surface area contributed by atoms with Crippen molar-refractivity contribution < 1.29 is 4.74 Å². The Morgan fingerprint density at radius 3 is 2.76 bits per heavy atom. The Kier molecular flexibility index (Phi) is 5.87. The van der Waals surface area contributed by atoms with Gasteiger partial charge in [0.05, 0.1) is 17.8 Å². The summed E-state index contributed by atoms with van der Waals surface area (Å²) in [4.78, 5) is 0. The Hall–Kier alpha value is -0.660. The molecule has 7 heteroatoms. The molecule has 4 nitrogen and oxygen atoms in total. The maximum Gasteiger partial charge on any atom is 0.186 e. The number of nitrogens with zero attached hydrogens (tertiary/aromatic N) is 1. The van der Waals surface area contributed by atoms with Crippen molar-refractivity contribution in [1.82, 2.24) is 10.7 Å². The summed E-state index contributed by atoms with van der Waals surface area (Å²) in [5.74, 6) is 0.717. The van der Waals surface area contributed by atoms with E-state index in [-0.39, 0.29) is 0 Å². The lowest BCUT2D eigenvalue weighted by molar-refractivity contribution is 0.411. The first kappa shape index (κ1) is 14.4. The van der Waals surface area contributed by atoms with Gasteiger partial charge in [0.15, 0.2) is 5.11 Å². The minimum absolute atomic E-state index is 0.453. The molecule has 0 bridgehead atoms. The molecule has 1 rings (SSSR count). The standard InChI is InChI=1S/C10H11Br2N3OS/c1-13-10(17)15-14-5-6-3-7(11)4-8(12)9(6)16-2/h3-5H,1-2H3,(H2,13,15,17)/b14-5-. The van der Waals surface area contributed by atoms with Crippen LogP contribution in [-0.4, -0.2) is 25.5 Å². The number of rotatable bonds is 3. The van der Waals surface area contributed by atoms with Gasteiger partial charge in [-0.05, 0) is 40.3 Å². The lowest BCUT2D eigenvalue weighted by Gasteiger charge is -2.08. The highest BCUT2D eigenvalue weighted by molar-refractivity contribution is 9.11. The van der Waals surface area contributed by atoms with Crippen LogP contribution in [0.15, 0.2) is 26.2 Å². The van der Waals surface area contributed by atoms with Crippen molar-refractivity contribution in [2.75, 3.05) is 14.2 Å². The minimum Gasteiger partial charge on any atom is -0.495 e. The molecule has 1 aromatic carbocycles. The Morgan fingerprint density at radius 2 is 2.18 bits per heavy atom. The van der Waals surface area contributed by atoms with Crippen LogP contribution in [-0.2, 0) is 0 Å². The third-order valence-corrected chi connectivity index (χ3v) is 3.18. The fraction of sp³-hybridized carbons (Fsp3) is 0.200. The van der Waals surface area contributed by atoms with Crippen molar-refractivity contribution in [2.45, 2.75) is 0 Å². The molecular formula is C10H11Br2N3OS. The Labute approximate surface area is 122 Å². The summed E-state index contributed by atoms with van der Waals surface area (Å²) in [5.41, 5.74) is 3.51. The number of methoxy groups -OCH3 is 1. The van der Waals surface area contributed by atoms with Gasteiger partial charge in [0, 0.05) is 17.1 Å². The van der Waals surface area contributed by atoms with Crippen LogP contribution in [0.1, 0.15) is 5.56 Å². The van der Waals surface area contributed by atoms with Gasteiger partial charge < -0.3 is 10.1 Å². The predicted octanol–water partition coefficient (Wildman–Crippen LogP) is 2.65. The highest BCUT2D eigenvalue weighted by atomic mass is 79.9. The number of hydrogen-bond donors (Lipinski definition) is 2. The van der Waals surface area contributed by atoms with Gasteiger partial charge in [-0.15, -0.1) is 0 Å². The van der Waals surface area contributed by atoms with Crippen LogP contribution < -0.4 is 15.5 Å². The van der Waals surface area contributed by atoms with E-state index in [0.717, 1.165) is 14.5 Å². The average Bonchev–Trinajstić information content (AvgIpc) is 2.28. The van der Waals surface area contributed by atoms with Crippen LogP contribution in [0, 0.1) is 0 Å². The molecule has 2 N–H and O–H groups in total. The predicted molar refractivity (Wildman–Crippen MR) is 80.8 cm³/mol. The molecule has 0 aliphatic rings. The van der Waals surface area contributed by atoms with Gasteiger partial charge in [-0.1, -0.05) is 15.9 Å². The Morgan fingerprint density at radius 1 is 1.47 bits per heavy atom. The molecule has 0 atom stereocenters. The first-order valence-electron chi connectivity index (χ1n) is 4.62. The van der Waals surface area contributed by atoms with E-state index in [0.29, 0.717) is 10.9 Å². The van der Waals surface area contributed by atoms with E-state index in [4.69, 9.17) is 17.0 Å². The fourth-order valence-corrected chi connectivity index (χ4v) is 2.58. The SMILES string of the molecule is CNC(=S)N/N=C\c1cc(Br)cc(Br)c1OC. The van der Waals surface area contributed by atoms with Crippen molar-refractivity contribution in [3.8, 4) is 5.75 Å². The van der Waals surface area contributed by atoms with Crippen LogP contribution >= 0.6 is 44.1 Å². The first-order valence-corrected chi connectivity index (χ1v) is 6.61. The number of thiocarbonyl (C=S) groups is 1. The lowest BCUT2D eigenvalue weighted by atomic mass is 10.2. The van der Waals surface area contributed by atoms with Crippen LogP contribution in [0.2, 0.25) is 0 Å². The van der Waals surface area contributed by atoms with Crippen LogP contribution in [0.3, 0.4) is 0 Å². The van der Waals surface area contributed by atoms with Gasteiger partial charge in [0.2, 0.25) is 0 Å². The number of ether oxygens (including phenoxy) is 1. The minimum atomic E-state index is 0.453. The quantitative estimate of drug-likeness (QED) is 0.480. The van der Waals surface area contributed by atoms with E-state index >= 15 is 0 Å². The van der Waals surface area contributed by atoms with Crippen LogP contribution in [0.4, 0.5) is 0 Å². The molecule has 17 heavy (non-hydrogen) atoms. The Balaban J connectivity index is 2.93. The number of nitrogens with one attached hydrogen (secondary N) is 2. The summed E-state index contributed by atoms with van der Waals surface area (Å²) in [5, 5.41) is 7.22. The zero-order valence-corrected chi connectivity index (χ0v) is 13.2. The summed E-state index contributed by atoms with van der Waals surface area (Å²) >= 11 is 11.7. The average molecular weight is 381 g/mol. The van der Waals surface area contributed by atoms with Gasteiger partial charge >= 0.3 is 0 Å². The van der Waals surface area contributed by atoms with Gasteiger partial charge in [-0.3, -0.25) is 5.43 Å². The number of hydrazone groups is 1. The number of halogens is 2. The molecule has 0 aliphatic carbocycles. The molecule has 0 spiro atoms. The molecule has 0 fully saturated rings. The zero-order chi connectivity index (χ0) is 12.8. The summed E-state index contributed by atoms with van der Waals surface area (Å²) in [7, 11) is 3.33. The second-order valence-corrected chi connectivity index (χ2v) is 5.14. The van der Waals surface area contributed by atoms with E-state index in [9.17, 15) is 0 Å². The molecule has 0 unspecified atom stereocenters. The van der Waals surface area contributed by atoms with E-state index in [1.165, 1.54) is 0 Å². The number of benzene rings is 1. The molecule has 0 saturated heterocycles. The third-order valence-electron chi connectivity index (χ3n) is 1.84. The van der Waals surface area contributed by atoms with E-state index in [1.54, 1.807) is 20.4 Å². The molecular weight excluding hydrogens is 370 g/mol. The van der Waals surface area contributed by atoms with Crippen molar-refractivity contribution in [2.24, 2.45) is 5.10 Å². The maximum atomic E-state index is 5.28. The highest BCUT2D eigenvalue weighted by Gasteiger charge is 2.07. The van der Waals surface area contributed by atoms with E-state index in [1.807, 2.05) is 12.1 Å². The third kappa shape index (κ3) is 4.25. The zero-order valence-electron chi connectivity index (χ0n) is 9.25. The molecule has 0 amide bonds. The summed E-state index contributed by atoms with van der Waals surface area (Å²) in [6, 6.07) is 3.80. The lowest BCUT2D eigenvalue weighted by Crippen LogP contribution is -2.28. The van der Waals surface area contributed by atoms with Gasteiger partial charge in [0.1, 0.15) is 5.75 Å². The molecule has 0 heterocycles. The van der Waals surface area contributed by atoms with Gasteiger partial charge in [0.25, 0.3) is 0 Å². The molecule has 1 aromatic rings. The fourth-order valence-electron chi connectivity index (χ4n) is 1.11. The largest absolute Gasteiger partial charge is 0.495 e. The van der Waals surface area contributed by atoms with E-state index < -0.39 is 0 Å². The van der Waals surface area contributed by atoms with Crippen molar-refractivity contribution in [3.05, 3.63) is 26.6 Å². The van der Waals surface area contributed by atoms with Crippen molar-refractivity contribution in [1.29, 1.82) is 0 Å². The first-order chi connectivity index (χ1) is 8.08. The maximum absolute atomic E-state index is 5.28. The van der Waals surface area contributed by atoms with Gasteiger partial charge in [-0.25, -0.2) is 0 Å². The summed E-state index contributed by atoms with van der Waals surface area (Å²) in [6.45, 7) is 0. The second-order valence-electron chi connectivity index (χ2n) is 2.96. The van der Waals surface area contributed by atoms with Crippen molar-refractivity contribution >= 4 is 55.4 Å². The smallest absolute Gasteiger partial charge is 0.186 e.